The number of amides is 1. The van der Waals surface area contributed by atoms with Crippen molar-refractivity contribution in [1.29, 1.82) is 0 Å². The van der Waals surface area contributed by atoms with Crippen molar-refractivity contribution < 1.29 is 4.79 Å². The highest BCUT2D eigenvalue weighted by Gasteiger charge is 2.24. The molecule has 1 saturated carbocycles. The molecular weight excluding hydrogens is 290 g/mol. The maximum atomic E-state index is 12.0. The average molecular weight is 307 g/mol. The number of fused-ring (bicyclic) bond motifs is 1. The number of aromatic nitrogens is 3. The molecule has 0 atom stereocenters. The minimum Gasteiger partial charge on any atom is -0.399 e. The number of carbonyl (C=O) groups excluding carboxylic acids is 1. The van der Waals surface area contributed by atoms with Crippen molar-refractivity contribution in [2.45, 2.75) is 19.3 Å². The van der Waals surface area contributed by atoms with E-state index in [1.165, 1.54) is 0 Å². The fraction of sp³-hybridized carbons (Fsp3) is 0.235. The van der Waals surface area contributed by atoms with E-state index in [9.17, 15) is 4.79 Å². The van der Waals surface area contributed by atoms with E-state index in [2.05, 4.69) is 15.3 Å². The quantitative estimate of drug-likeness (QED) is 0.726. The van der Waals surface area contributed by atoms with Gasteiger partial charge in [-0.05, 0) is 30.9 Å². The van der Waals surface area contributed by atoms with Crippen LogP contribution < -0.4 is 11.1 Å². The lowest BCUT2D eigenvalue weighted by Crippen LogP contribution is -2.13. The van der Waals surface area contributed by atoms with Crippen molar-refractivity contribution in [2.24, 2.45) is 5.92 Å². The molecule has 6 heteroatoms. The van der Waals surface area contributed by atoms with Crippen molar-refractivity contribution in [3.05, 3.63) is 42.9 Å². The van der Waals surface area contributed by atoms with Crippen LogP contribution in [0.1, 0.15) is 19.3 Å². The molecule has 0 radical (unpaired) electrons. The van der Waals surface area contributed by atoms with Gasteiger partial charge < -0.3 is 11.1 Å². The first-order chi connectivity index (χ1) is 11.2. The highest BCUT2D eigenvalue weighted by molar-refractivity contribution is 5.90. The zero-order valence-electron chi connectivity index (χ0n) is 12.6. The van der Waals surface area contributed by atoms with Gasteiger partial charge in [-0.3, -0.25) is 14.2 Å². The molecule has 0 aliphatic heterocycles. The van der Waals surface area contributed by atoms with Crippen molar-refractivity contribution >= 4 is 23.1 Å². The Labute approximate surface area is 133 Å². The molecule has 3 N–H and O–H groups in total. The third-order valence-electron chi connectivity index (χ3n) is 4.02. The second-order valence-electron chi connectivity index (χ2n) is 5.97. The summed E-state index contributed by atoms with van der Waals surface area (Å²) < 4.78 is 1.84. The fourth-order valence-electron chi connectivity index (χ4n) is 2.61. The van der Waals surface area contributed by atoms with Gasteiger partial charge in [-0.1, -0.05) is 12.1 Å². The molecule has 2 aromatic heterocycles. The molecule has 0 unspecified atom stereocenters. The molecule has 1 aromatic carbocycles. The van der Waals surface area contributed by atoms with Gasteiger partial charge in [0, 0.05) is 23.9 Å². The van der Waals surface area contributed by atoms with E-state index < -0.39 is 0 Å². The number of anilines is 2. The first-order valence-corrected chi connectivity index (χ1v) is 7.68. The van der Waals surface area contributed by atoms with E-state index in [1.54, 1.807) is 12.4 Å². The first kappa shape index (κ1) is 13.8. The smallest absolute Gasteiger partial charge is 0.225 e. The Balaban J connectivity index is 1.66. The van der Waals surface area contributed by atoms with Gasteiger partial charge in [-0.15, -0.1) is 0 Å². The molecule has 0 spiro atoms. The molecule has 116 valence electrons. The molecule has 23 heavy (non-hydrogen) atoms. The van der Waals surface area contributed by atoms with E-state index in [-0.39, 0.29) is 5.91 Å². The molecule has 0 bridgehead atoms. The molecule has 1 fully saturated rings. The maximum absolute atomic E-state index is 12.0. The number of benzene rings is 1. The number of nitrogens with zero attached hydrogens (tertiary/aromatic N) is 3. The molecule has 4 rings (SSSR count). The lowest BCUT2D eigenvalue weighted by Gasteiger charge is -2.07. The number of nitrogen functional groups attached to an aromatic ring is 1. The number of hydrogen-bond donors (Lipinski definition) is 2. The second kappa shape index (κ2) is 5.39. The molecule has 6 nitrogen and oxygen atoms in total. The van der Waals surface area contributed by atoms with E-state index in [4.69, 9.17) is 5.73 Å². The van der Waals surface area contributed by atoms with Gasteiger partial charge in [0.05, 0.1) is 18.1 Å². The molecule has 1 aliphatic rings. The van der Waals surface area contributed by atoms with Crippen LogP contribution in [0.5, 0.6) is 0 Å². The SMILES string of the molecule is Nc1cccc(-c2cn3c(NC(=O)CC4CC4)cnc3cn2)c1. The molecule has 2 heterocycles. The van der Waals surface area contributed by atoms with Gasteiger partial charge in [0.25, 0.3) is 0 Å². The summed E-state index contributed by atoms with van der Waals surface area (Å²) in [6, 6.07) is 7.55. The van der Waals surface area contributed by atoms with E-state index in [0.29, 0.717) is 29.5 Å². The Morgan fingerprint density at radius 1 is 1.30 bits per heavy atom. The minimum atomic E-state index is 0.0385. The summed E-state index contributed by atoms with van der Waals surface area (Å²) >= 11 is 0. The van der Waals surface area contributed by atoms with Crippen LogP contribution >= 0.6 is 0 Å². The average Bonchev–Trinajstić information content (AvgIpc) is 3.27. The third-order valence-corrected chi connectivity index (χ3v) is 4.02. The lowest BCUT2D eigenvalue weighted by atomic mass is 10.1. The Bertz CT molecular complexity index is 882. The Kier molecular flexibility index (Phi) is 3.22. The van der Waals surface area contributed by atoms with Gasteiger partial charge in [0.2, 0.25) is 5.91 Å². The van der Waals surface area contributed by atoms with Crippen LogP contribution in [0, 0.1) is 5.92 Å². The number of rotatable bonds is 4. The number of hydrogen-bond acceptors (Lipinski definition) is 4. The minimum absolute atomic E-state index is 0.0385. The van der Waals surface area contributed by atoms with Gasteiger partial charge >= 0.3 is 0 Å². The summed E-state index contributed by atoms with van der Waals surface area (Å²) in [6.45, 7) is 0. The van der Waals surface area contributed by atoms with E-state index >= 15 is 0 Å². The van der Waals surface area contributed by atoms with Crippen LogP contribution in [0.3, 0.4) is 0 Å². The summed E-state index contributed by atoms with van der Waals surface area (Å²) in [7, 11) is 0. The van der Waals surface area contributed by atoms with Gasteiger partial charge in [0.1, 0.15) is 5.82 Å². The van der Waals surface area contributed by atoms with Gasteiger partial charge in [-0.25, -0.2) is 4.98 Å². The predicted molar refractivity (Wildman–Crippen MR) is 88.8 cm³/mol. The highest BCUT2D eigenvalue weighted by atomic mass is 16.1. The Hall–Kier alpha value is -2.89. The van der Waals surface area contributed by atoms with Crippen LogP contribution in [-0.2, 0) is 4.79 Å². The number of nitrogens with two attached hydrogens (primary N) is 1. The molecule has 3 aromatic rings. The summed E-state index contributed by atoms with van der Waals surface area (Å²) in [6.07, 6.45) is 8.11. The Morgan fingerprint density at radius 3 is 2.96 bits per heavy atom. The standard InChI is InChI=1S/C17H17N5O/c18-13-3-1-2-12(7-13)14-10-22-15(8-19-14)20-9-16(22)21-17(23)6-11-4-5-11/h1-3,7-11H,4-6,18H2,(H,21,23). The van der Waals surface area contributed by atoms with Crippen molar-refractivity contribution in [2.75, 3.05) is 11.1 Å². The molecule has 1 amide bonds. The summed E-state index contributed by atoms with van der Waals surface area (Å²) in [5.74, 6) is 1.26. The van der Waals surface area contributed by atoms with Crippen molar-refractivity contribution in [1.82, 2.24) is 14.4 Å². The summed E-state index contributed by atoms with van der Waals surface area (Å²) in [5, 5.41) is 2.94. The zero-order chi connectivity index (χ0) is 15.8. The number of nitrogens with one attached hydrogen (secondary N) is 1. The van der Waals surface area contributed by atoms with Crippen molar-refractivity contribution in [3.63, 3.8) is 0 Å². The first-order valence-electron chi connectivity index (χ1n) is 7.68. The van der Waals surface area contributed by atoms with E-state index in [1.807, 2.05) is 34.9 Å². The van der Waals surface area contributed by atoms with Crippen LogP contribution in [0.15, 0.2) is 42.9 Å². The monoisotopic (exact) mass is 307 g/mol. The van der Waals surface area contributed by atoms with Crippen molar-refractivity contribution in [3.8, 4) is 11.3 Å². The fourth-order valence-corrected chi connectivity index (χ4v) is 2.61. The Morgan fingerprint density at radius 2 is 2.17 bits per heavy atom. The largest absolute Gasteiger partial charge is 0.399 e. The molecule has 0 saturated heterocycles. The third kappa shape index (κ3) is 2.88. The van der Waals surface area contributed by atoms with Gasteiger partial charge in [-0.2, -0.15) is 0 Å². The zero-order valence-corrected chi connectivity index (χ0v) is 12.6. The number of imidazole rings is 1. The number of carbonyl (C=O) groups is 1. The normalized spacial score (nSPS) is 14.1. The van der Waals surface area contributed by atoms with Crippen LogP contribution in [0.25, 0.3) is 16.9 Å². The maximum Gasteiger partial charge on any atom is 0.225 e. The summed E-state index contributed by atoms with van der Waals surface area (Å²) in [4.78, 5) is 20.7. The topological polar surface area (TPSA) is 85.3 Å². The van der Waals surface area contributed by atoms with Crippen LogP contribution in [0.2, 0.25) is 0 Å². The van der Waals surface area contributed by atoms with E-state index in [0.717, 1.165) is 24.1 Å². The molecular formula is C17H17N5O. The van der Waals surface area contributed by atoms with Crippen LogP contribution in [-0.4, -0.2) is 20.3 Å². The van der Waals surface area contributed by atoms with Gasteiger partial charge in [0.15, 0.2) is 5.65 Å². The summed E-state index contributed by atoms with van der Waals surface area (Å²) in [5.41, 5.74) is 8.92. The lowest BCUT2D eigenvalue weighted by molar-refractivity contribution is -0.116. The molecule has 1 aliphatic carbocycles. The van der Waals surface area contributed by atoms with Crippen LogP contribution in [0.4, 0.5) is 11.5 Å². The highest BCUT2D eigenvalue weighted by Crippen LogP contribution is 2.32. The second-order valence-corrected chi connectivity index (χ2v) is 5.97. The predicted octanol–water partition coefficient (Wildman–Crippen LogP) is 2.72.